The molecule has 4 rings (SSSR count). The number of aromatic nitrogens is 3. The monoisotopic (exact) mass is 333 g/mol. The van der Waals surface area contributed by atoms with Crippen molar-refractivity contribution < 1.29 is 4.92 Å². The number of anilines is 1. The zero-order valence-corrected chi connectivity index (χ0v) is 13.5. The molecule has 1 atom stereocenters. The number of benzene rings is 2. The average molecular weight is 333 g/mol. The maximum Gasteiger partial charge on any atom is 0.269 e. The molecule has 1 N–H and O–H groups in total. The summed E-state index contributed by atoms with van der Waals surface area (Å²) < 4.78 is 1.76. The molecule has 0 radical (unpaired) electrons. The Morgan fingerprint density at radius 2 is 1.84 bits per heavy atom. The molecule has 124 valence electrons. The van der Waals surface area contributed by atoms with Gasteiger partial charge in [0, 0.05) is 17.8 Å². The van der Waals surface area contributed by atoms with E-state index in [-0.39, 0.29) is 11.7 Å². The first kappa shape index (κ1) is 15.1. The predicted octanol–water partition coefficient (Wildman–Crippen LogP) is 3.55. The third kappa shape index (κ3) is 2.76. The highest BCUT2D eigenvalue weighted by atomic mass is 16.6. The Balaban J connectivity index is 1.76. The molecule has 3 aromatic rings. The SMILES string of the molecule is Cc1ccc(C2=CC(c3ccc([N+](=O)[O-])cc3)n3ncnc3N2)cc1. The Kier molecular flexibility index (Phi) is 3.53. The number of fused-ring (bicyclic) bond motifs is 1. The normalized spacial score (nSPS) is 15.9. The van der Waals surface area contributed by atoms with Crippen molar-refractivity contribution in [3.63, 3.8) is 0 Å². The highest BCUT2D eigenvalue weighted by Crippen LogP contribution is 2.32. The molecule has 1 aromatic heterocycles. The van der Waals surface area contributed by atoms with Gasteiger partial charge in [-0.05, 0) is 36.3 Å². The maximum absolute atomic E-state index is 10.9. The van der Waals surface area contributed by atoms with Crippen LogP contribution in [0.2, 0.25) is 0 Å². The minimum absolute atomic E-state index is 0.0687. The molecular weight excluding hydrogens is 318 g/mol. The molecule has 1 aliphatic rings. The van der Waals surface area contributed by atoms with Gasteiger partial charge in [0.1, 0.15) is 12.4 Å². The number of allylic oxidation sites excluding steroid dienone is 1. The van der Waals surface area contributed by atoms with Gasteiger partial charge in [0.15, 0.2) is 0 Å². The van der Waals surface area contributed by atoms with E-state index >= 15 is 0 Å². The van der Waals surface area contributed by atoms with E-state index in [4.69, 9.17) is 0 Å². The molecule has 7 nitrogen and oxygen atoms in total. The van der Waals surface area contributed by atoms with Crippen LogP contribution >= 0.6 is 0 Å². The number of nitro benzene ring substituents is 1. The number of rotatable bonds is 3. The summed E-state index contributed by atoms with van der Waals surface area (Å²) >= 11 is 0. The molecule has 25 heavy (non-hydrogen) atoms. The largest absolute Gasteiger partial charge is 0.324 e. The van der Waals surface area contributed by atoms with E-state index in [1.807, 2.05) is 25.1 Å². The summed E-state index contributed by atoms with van der Waals surface area (Å²) in [6, 6.07) is 14.5. The van der Waals surface area contributed by atoms with Gasteiger partial charge in [-0.25, -0.2) is 4.68 Å². The first-order valence-electron chi connectivity index (χ1n) is 7.81. The van der Waals surface area contributed by atoms with Crippen LogP contribution in [0.1, 0.15) is 22.7 Å². The molecular formula is C18H15N5O2. The lowest BCUT2D eigenvalue weighted by Crippen LogP contribution is -2.20. The van der Waals surface area contributed by atoms with Crippen molar-refractivity contribution in [2.45, 2.75) is 13.0 Å². The van der Waals surface area contributed by atoms with E-state index in [9.17, 15) is 10.1 Å². The summed E-state index contributed by atoms with van der Waals surface area (Å²) in [4.78, 5) is 14.7. The van der Waals surface area contributed by atoms with Gasteiger partial charge in [0.05, 0.1) is 4.92 Å². The van der Waals surface area contributed by atoms with Crippen molar-refractivity contribution in [2.24, 2.45) is 0 Å². The Morgan fingerprint density at radius 3 is 2.52 bits per heavy atom. The molecule has 0 spiro atoms. The van der Waals surface area contributed by atoms with Crippen LogP contribution in [0.25, 0.3) is 5.70 Å². The highest BCUT2D eigenvalue weighted by molar-refractivity contribution is 5.77. The smallest absolute Gasteiger partial charge is 0.269 e. The van der Waals surface area contributed by atoms with Gasteiger partial charge < -0.3 is 5.32 Å². The second-order valence-electron chi connectivity index (χ2n) is 5.89. The first-order valence-corrected chi connectivity index (χ1v) is 7.81. The molecule has 1 unspecified atom stereocenters. The summed E-state index contributed by atoms with van der Waals surface area (Å²) in [6.07, 6.45) is 3.54. The Morgan fingerprint density at radius 1 is 1.12 bits per heavy atom. The highest BCUT2D eigenvalue weighted by Gasteiger charge is 2.23. The van der Waals surface area contributed by atoms with Crippen molar-refractivity contribution in [3.05, 3.63) is 87.7 Å². The fourth-order valence-electron chi connectivity index (χ4n) is 2.87. The number of non-ortho nitro benzene ring substituents is 1. The van der Waals surface area contributed by atoms with E-state index in [0.29, 0.717) is 5.95 Å². The number of hydrogen-bond acceptors (Lipinski definition) is 5. The first-order chi connectivity index (χ1) is 12.1. The van der Waals surface area contributed by atoms with Crippen molar-refractivity contribution in [1.82, 2.24) is 14.8 Å². The van der Waals surface area contributed by atoms with Crippen LogP contribution in [0.4, 0.5) is 11.6 Å². The lowest BCUT2D eigenvalue weighted by atomic mass is 10.0. The van der Waals surface area contributed by atoms with E-state index < -0.39 is 4.92 Å². The summed E-state index contributed by atoms with van der Waals surface area (Å²) in [5.74, 6) is 0.640. The molecule has 0 bridgehead atoms. The molecule has 0 saturated heterocycles. The van der Waals surface area contributed by atoms with Crippen molar-refractivity contribution >= 4 is 17.3 Å². The topological polar surface area (TPSA) is 85.9 Å². The number of nitro groups is 1. The summed E-state index contributed by atoms with van der Waals surface area (Å²) in [5.41, 5.74) is 4.15. The minimum Gasteiger partial charge on any atom is -0.324 e. The zero-order chi connectivity index (χ0) is 17.4. The van der Waals surface area contributed by atoms with Gasteiger partial charge in [-0.15, -0.1) is 0 Å². The second-order valence-corrected chi connectivity index (χ2v) is 5.89. The van der Waals surface area contributed by atoms with Crippen LogP contribution in [0.15, 0.2) is 60.9 Å². The van der Waals surface area contributed by atoms with Gasteiger partial charge in [-0.2, -0.15) is 10.1 Å². The van der Waals surface area contributed by atoms with Gasteiger partial charge >= 0.3 is 0 Å². The maximum atomic E-state index is 10.9. The van der Waals surface area contributed by atoms with Crippen molar-refractivity contribution in [1.29, 1.82) is 0 Å². The fraction of sp³-hybridized carbons (Fsp3) is 0.111. The molecule has 0 saturated carbocycles. The molecule has 0 amide bonds. The Bertz CT molecular complexity index is 958. The molecule has 7 heteroatoms. The zero-order valence-electron chi connectivity index (χ0n) is 13.5. The summed E-state index contributed by atoms with van der Waals surface area (Å²) in [6.45, 7) is 2.04. The third-order valence-corrected chi connectivity index (χ3v) is 4.22. The van der Waals surface area contributed by atoms with Crippen LogP contribution in [-0.4, -0.2) is 19.7 Å². The van der Waals surface area contributed by atoms with Crippen molar-refractivity contribution in [2.75, 3.05) is 5.32 Å². The third-order valence-electron chi connectivity index (χ3n) is 4.22. The van der Waals surface area contributed by atoms with Crippen molar-refractivity contribution in [3.8, 4) is 0 Å². The quantitative estimate of drug-likeness (QED) is 0.585. The Hall–Kier alpha value is -3.48. The van der Waals surface area contributed by atoms with Crippen LogP contribution < -0.4 is 5.32 Å². The van der Waals surface area contributed by atoms with E-state index in [1.54, 1.807) is 16.8 Å². The fourth-order valence-corrected chi connectivity index (χ4v) is 2.87. The lowest BCUT2D eigenvalue weighted by molar-refractivity contribution is -0.384. The number of hydrogen-bond donors (Lipinski definition) is 1. The predicted molar refractivity (Wildman–Crippen MR) is 94.0 cm³/mol. The van der Waals surface area contributed by atoms with Crippen LogP contribution in [-0.2, 0) is 0 Å². The number of aryl methyl sites for hydroxylation is 1. The standard InChI is InChI=1S/C18H15N5O2/c1-12-2-4-13(5-3-12)16-10-17(22-18(21-16)19-11-20-22)14-6-8-15(9-7-14)23(24)25/h2-11,17H,1H3,(H,19,20,21). The van der Waals surface area contributed by atoms with E-state index in [2.05, 4.69) is 27.5 Å². The van der Waals surface area contributed by atoms with Crippen LogP contribution in [0, 0.1) is 17.0 Å². The molecule has 2 heterocycles. The van der Waals surface area contributed by atoms with Crippen LogP contribution in [0.3, 0.4) is 0 Å². The van der Waals surface area contributed by atoms with Gasteiger partial charge in [-0.1, -0.05) is 29.8 Å². The second kappa shape index (κ2) is 5.86. The lowest BCUT2D eigenvalue weighted by Gasteiger charge is -2.24. The molecule has 1 aliphatic heterocycles. The summed E-state index contributed by atoms with van der Waals surface area (Å²) in [7, 11) is 0. The minimum atomic E-state index is -0.402. The van der Waals surface area contributed by atoms with Gasteiger partial charge in [0.2, 0.25) is 5.95 Å². The number of nitrogens with one attached hydrogen (secondary N) is 1. The average Bonchev–Trinajstić information content (AvgIpc) is 3.10. The Labute approximate surface area is 143 Å². The van der Waals surface area contributed by atoms with E-state index in [1.165, 1.54) is 24.0 Å². The van der Waals surface area contributed by atoms with E-state index in [0.717, 1.165) is 16.8 Å². The summed E-state index contributed by atoms with van der Waals surface area (Å²) in [5, 5.41) is 18.4. The van der Waals surface area contributed by atoms with Crippen LogP contribution in [0.5, 0.6) is 0 Å². The molecule has 0 aliphatic carbocycles. The van der Waals surface area contributed by atoms with Gasteiger partial charge in [-0.3, -0.25) is 10.1 Å². The number of nitrogens with zero attached hydrogens (tertiary/aromatic N) is 4. The molecule has 2 aromatic carbocycles. The molecule has 0 fully saturated rings. The van der Waals surface area contributed by atoms with Gasteiger partial charge in [0.25, 0.3) is 5.69 Å².